The molecule has 2 atom stereocenters. The third kappa shape index (κ3) is 1.59. The Balaban J connectivity index is 2.40. The van der Waals surface area contributed by atoms with Crippen LogP contribution in [0.15, 0.2) is 11.6 Å². The van der Waals surface area contributed by atoms with E-state index in [4.69, 9.17) is 5.11 Å². The fourth-order valence-electron chi connectivity index (χ4n) is 1.11. The molecule has 0 aliphatic heterocycles. The summed E-state index contributed by atoms with van der Waals surface area (Å²) in [5.74, 6) is -0.417. The largest absolute Gasteiger partial charge is 0.481 e. The van der Waals surface area contributed by atoms with E-state index in [-0.39, 0.29) is 5.92 Å². The third-order valence-electron chi connectivity index (χ3n) is 1.70. The molecule has 10 heavy (non-hydrogen) atoms. The first kappa shape index (κ1) is 7.32. The fraction of sp³-hybridized carbons (Fsp3) is 0.625. The van der Waals surface area contributed by atoms with E-state index in [9.17, 15) is 4.79 Å². The Labute approximate surface area is 60.6 Å². The van der Waals surface area contributed by atoms with Gasteiger partial charge in [0.15, 0.2) is 0 Å². The highest BCUT2D eigenvalue weighted by molar-refractivity contribution is 5.74. The zero-order chi connectivity index (χ0) is 7.72. The van der Waals surface area contributed by atoms with Crippen molar-refractivity contribution in [2.75, 3.05) is 0 Å². The van der Waals surface area contributed by atoms with Gasteiger partial charge in [-0.3, -0.25) is 4.79 Å². The van der Waals surface area contributed by atoms with Crippen LogP contribution in [0.1, 0.15) is 20.3 Å². The Bertz CT molecular complexity index is 178. The minimum Gasteiger partial charge on any atom is -0.481 e. The maximum Gasteiger partial charge on any atom is 0.307 e. The fourth-order valence-corrected chi connectivity index (χ4v) is 1.11. The van der Waals surface area contributed by atoms with Crippen molar-refractivity contribution in [3.8, 4) is 0 Å². The van der Waals surface area contributed by atoms with E-state index in [1.807, 2.05) is 19.9 Å². The van der Waals surface area contributed by atoms with Crippen molar-refractivity contribution in [3.05, 3.63) is 11.6 Å². The van der Waals surface area contributed by atoms with Gasteiger partial charge in [-0.2, -0.15) is 0 Å². The van der Waals surface area contributed by atoms with E-state index in [0.29, 0.717) is 5.92 Å². The summed E-state index contributed by atoms with van der Waals surface area (Å²) in [5, 5.41) is 8.51. The Kier molecular flexibility index (Phi) is 1.79. The molecule has 0 radical (unpaired) electrons. The molecule has 0 saturated heterocycles. The van der Waals surface area contributed by atoms with Gasteiger partial charge in [0.05, 0.1) is 5.92 Å². The van der Waals surface area contributed by atoms with Crippen LogP contribution in [0.25, 0.3) is 0 Å². The van der Waals surface area contributed by atoms with Crippen molar-refractivity contribution in [1.29, 1.82) is 0 Å². The maximum absolute atomic E-state index is 10.3. The summed E-state index contributed by atoms with van der Waals surface area (Å²) < 4.78 is 0. The highest BCUT2D eigenvalue weighted by Crippen LogP contribution is 2.40. The lowest BCUT2D eigenvalue weighted by molar-refractivity contribution is -0.138. The van der Waals surface area contributed by atoms with Crippen LogP contribution < -0.4 is 0 Å². The predicted molar refractivity (Wildman–Crippen MR) is 38.7 cm³/mol. The van der Waals surface area contributed by atoms with Crippen molar-refractivity contribution >= 4 is 5.97 Å². The highest BCUT2D eigenvalue weighted by Gasteiger charge is 2.41. The minimum absolute atomic E-state index is 0.0881. The van der Waals surface area contributed by atoms with Crippen LogP contribution in [-0.2, 0) is 4.79 Å². The summed E-state index contributed by atoms with van der Waals surface area (Å²) >= 11 is 0. The van der Waals surface area contributed by atoms with Crippen LogP contribution in [0.3, 0.4) is 0 Å². The number of carbonyl (C=O) groups is 1. The zero-order valence-electron chi connectivity index (χ0n) is 6.29. The number of aliphatic carboxylic acids is 1. The van der Waals surface area contributed by atoms with Crippen LogP contribution in [0.2, 0.25) is 0 Å². The molecule has 0 bridgehead atoms. The summed E-state index contributed by atoms with van der Waals surface area (Å²) in [7, 11) is 0. The van der Waals surface area contributed by atoms with Crippen molar-refractivity contribution < 1.29 is 9.90 Å². The number of hydrogen-bond acceptors (Lipinski definition) is 1. The summed E-state index contributed by atoms with van der Waals surface area (Å²) in [6, 6.07) is 0. The van der Waals surface area contributed by atoms with Crippen molar-refractivity contribution in [2.45, 2.75) is 20.3 Å². The third-order valence-corrected chi connectivity index (χ3v) is 1.70. The molecule has 1 saturated carbocycles. The van der Waals surface area contributed by atoms with Gasteiger partial charge in [0.25, 0.3) is 0 Å². The van der Waals surface area contributed by atoms with Crippen LogP contribution in [0, 0.1) is 11.8 Å². The number of carboxylic acid groups (broad SMARTS) is 1. The minimum atomic E-state index is -0.650. The molecular weight excluding hydrogens is 128 g/mol. The summed E-state index contributed by atoms with van der Waals surface area (Å²) in [4.78, 5) is 10.3. The predicted octanol–water partition coefficient (Wildman–Crippen LogP) is 1.67. The first-order valence-electron chi connectivity index (χ1n) is 3.49. The molecule has 1 rings (SSSR count). The van der Waals surface area contributed by atoms with E-state index in [0.717, 1.165) is 6.42 Å². The molecule has 0 aromatic rings. The topological polar surface area (TPSA) is 37.3 Å². The number of hydrogen-bond donors (Lipinski definition) is 1. The van der Waals surface area contributed by atoms with Gasteiger partial charge < -0.3 is 5.11 Å². The summed E-state index contributed by atoms with van der Waals surface area (Å²) in [6.07, 6.45) is 2.87. The summed E-state index contributed by atoms with van der Waals surface area (Å²) in [5.41, 5.74) is 1.22. The first-order chi connectivity index (χ1) is 4.61. The molecule has 0 heterocycles. The zero-order valence-corrected chi connectivity index (χ0v) is 6.29. The van der Waals surface area contributed by atoms with E-state index in [1.165, 1.54) is 5.57 Å². The van der Waals surface area contributed by atoms with Crippen LogP contribution in [0.4, 0.5) is 0 Å². The molecule has 0 spiro atoms. The van der Waals surface area contributed by atoms with Gasteiger partial charge in [0, 0.05) is 0 Å². The number of rotatable bonds is 2. The monoisotopic (exact) mass is 140 g/mol. The van der Waals surface area contributed by atoms with Gasteiger partial charge in [-0.25, -0.2) is 0 Å². The lowest BCUT2D eigenvalue weighted by atomic mass is 10.2. The number of allylic oxidation sites excluding steroid dienone is 2. The molecule has 0 aromatic carbocycles. The lowest BCUT2D eigenvalue weighted by Gasteiger charge is -1.87. The van der Waals surface area contributed by atoms with Crippen molar-refractivity contribution in [2.24, 2.45) is 11.8 Å². The van der Waals surface area contributed by atoms with Gasteiger partial charge in [-0.05, 0) is 26.2 Å². The molecule has 56 valence electrons. The van der Waals surface area contributed by atoms with Gasteiger partial charge in [-0.15, -0.1) is 0 Å². The molecule has 0 aromatic heterocycles. The van der Waals surface area contributed by atoms with Crippen molar-refractivity contribution in [3.63, 3.8) is 0 Å². The first-order valence-corrected chi connectivity index (χ1v) is 3.49. The second-order valence-corrected chi connectivity index (χ2v) is 3.09. The van der Waals surface area contributed by atoms with Gasteiger partial charge in [0.1, 0.15) is 0 Å². The van der Waals surface area contributed by atoms with E-state index in [2.05, 4.69) is 0 Å². The molecule has 1 aliphatic rings. The molecular formula is C8H12O2. The molecule has 1 fully saturated rings. The van der Waals surface area contributed by atoms with Crippen LogP contribution in [-0.4, -0.2) is 11.1 Å². The van der Waals surface area contributed by atoms with E-state index in [1.54, 1.807) is 0 Å². The van der Waals surface area contributed by atoms with Crippen LogP contribution >= 0.6 is 0 Å². The van der Waals surface area contributed by atoms with Crippen molar-refractivity contribution in [1.82, 2.24) is 0 Å². The Morgan fingerprint density at radius 1 is 1.60 bits per heavy atom. The average Bonchev–Trinajstić information content (AvgIpc) is 2.43. The molecule has 0 amide bonds. The SMILES string of the molecule is CC(C)=C[C@@H]1CC1C(=O)O. The number of carboxylic acids is 1. The second-order valence-electron chi connectivity index (χ2n) is 3.09. The summed E-state index contributed by atoms with van der Waals surface area (Å²) in [6.45, 7) is 3.99. The molecule has 1 aliphatic carbocycles. The van der Waals surface area contributed by atoms with Crippen LogP contribution in [0.5, 0.6) is 0 Å². The Hall–Kier alpha value is -0.790. The normalized spacial score (nSPS) is 29.4. The van der Waals surface area contributed by atoms with Gasteiger partial charge in [-0.1, -0.05) is 11.6 Å². The smallest absolute Gasteiger partial charge is 0.307 e. The molecule has 1 unspecified atom stereocenters. The quantitative estimate of drug-likeness (QED) is 0.592. The molecule has 1 N–H and O–H groups in total. The van der Waals surface area contributed by atoms with E-state index < -0.39 is 5.97 Å². The Morgan fingerprint density at radius 2 is 2.20 bits per heavy atom. The molecule has 2 heteroatoms. The maximum atomic E-state index is 10.3. The highest BCUT2D eigenvalue weighted by atomic mass is 16.4. The van der Waals surface area contributed by atoms with Gasteiger partial charge >= 0.3 is 5.97 Å². The standard InChI is InChI=1S/C8H12O2/c1-5(2)3-6-4-7(6)8(9)10/h3,6-7H,4H2,1-2H3,(H,9,10)/t6-,7?/m1/s1. The lowest BCUT2D eigenvalue weighted by Crippen LogP contribution is -1.98. The average molecular weight is 140 g/mol. The van der Waals surface area contributed by atoms with Gasteiger partial charge in [0.2, 0.25) is 0 Å². The molecule has 2 nitrogen and oxygen atoms in total. The van der Waals surface area contributed by atoms with E-state index >= 15 is 0 Å². The second kappa shape index (κ2) is 2.45. The Morgan fingerprint density at radius 3 is 2.50 bits per heavy atom.